The predicted molar refractivity (Wildman–Crippen MR) is 70.7 cm³/mol. The van der Waals surface area contributed by atoms with Crippen LogP contribution in [0, 0.1) is 28.1 Å². The van der Waals surface area contributed by atoms with Crippen molar-refractivity contribution in [3.63, 3.8) is 0 Å². The Balaban J connectivity index is 2.48. The van der Waals surface area contributed by atoms with E-state index in [9.17, 15) is 10.1 Å². The van der Waals surface area contributed by atoms with Crippen LogP contribution in [0.5, 0.6) is 0 Å². The van der Waals surface area contributed by atoms with E-state index in [1.165, 1.54) is 0 Å². The standard InChI is InChI=1S/C14H21NOS/c1-11(2)10(16)12(3,4)14(11)7-9(8-15)13(5,6)17-14/h9H,7H2,1-6H3/t9-/m1/s1. The molecule has 1 atom stereocenters. The Morgan fingerprint density at radius 1 is 1.18 bits per heavy atom. The van der Waals surface area contributed by atoms with Crippen LogP contribution in [0.15, 0.2) is 0 Å². The van der Waals surface area contributed by atoms with Crippen LogP contribution in [-0.2, 0) is 4.79 Å². The van der Waals surface area contributed by atoms with E-state index in [4.69, 9.17) is 0 Å². The van der Waals surface area contributed by atoms with Crippen molar-refractivity contribution in [1.82, 2.24) is 0 Å². The van der Waals surface area contributed by atoms with Gasteiger partial charge >= 0.3 is 0 Å². The molecule has 0 aromatic carbocycles. The van der Waals surface area contributed by atoms with Gasteiger partial charge in [-0.1, -0.05) is 27.7 Å². The van der Waals surface area contributed by atoms with Crippen molar-refractivity contribution in [2.24, 2.45) is 16.7 Å². The molecule has 1 saturated carbocycles. The van der Waals surface area contributed by atoms with Crippen LogP contribution >= 0.6 is 11.8 Å². The fourth-order valence-electron chi connectivity index (χ4n) is 3.93. The van der Waals surface area contributed by atoms with Crippen LogP contribution in [0.25, 0.3) is 0 Å². The van der Waals surface area contributed by atoms with E-state index in [0.29, 0.717) is 5.78 Å². The third-order valence-corrected chi connectivity index (χ3v) is 7.42. The van der Waals surface area contributed by atoms with E-state index in [-0.39, 0.29) is 26.2 Å². The van der Waals surface area contributed by atoms with Crippen LogP contribution in [0.4, 0.5) is 0 Å². The van der Waals surface area contributed by atoms with Crippen LogP contribution in [0.2, 0.25) is 0 Å². The summed E-state index contributed by atoms with van der Waals surface area (Å²) in [5.41, 5.74) is -0.603. The van der Waals surface area contributed by atoms with E-state index in [0.717, 1.165) is 6.42 Å². The summed E-state index contributed by atoms with van der Waals surface area (Å²) in [5, 5.41) is 9.31. The Labute approximate surface area is 108 Å². The molecule has 1 aliphatic heterocycles. The topological polar surface area (TPSA) is 40.9 Å². The van der Waals surface area contributed by atoms with Crippen LogP contribution < -0.4 is 0 Å². The molecule has 2 aliphatic rings. The number of carbonyl (C=O) groups is 1. The van der Waals surface area contributed by atoms with Gasteiger partial charge in [0.1, 0.15) is 5.78 Å². The van der Waals surface area contributed by atoms with Gasteiger partial charge in [0.15, 0.2) is 0 Å². The van der Waals surface area contributed by atoms with Gasteiger partial charge in [-0.25, -0.2) is 0 Å². The maximum Gasteiger partial charge on any atom is 0.146 e. The minimum Gasteiger partial charge on any atom is -0.298 e. The van der Waals surface area contributed by atoms with E-state index in [2.05, 4.69) is 19.9 Å². The first-order valence-corrected chi connectivity index (χ1v) is 6.99. The first-order chi connectivity index (χ1) is 7.53. The highest BCUT2D eigenvalue weighted by molar-refractivity contribution is 8.02. The average molecular weight is 251 g/mol. The Kier molecular flexibility index (Phi) is 2.35. The number of rotatable bonds is 0. The van der Waals surface area contributed by atoms with Gasteiger partial charge in [-0.3, -0.25) is 4.79 Å². The molecule has 2 nitrogen and oxygen atoms in total. The Bertz CT molecular complexity index is 410. The van der Waals surface area contributed by atoms with Crippen molar-refractivity contribution < 1.29 is 4.79 Å². The zero-order chi connectivity index (χ0) is 13.3. The maximum absolute atomic E-state index is 12.3. The largest absolute Gasteiger partial charge is 0.298 e. The molecule has 2 rings (SSSR count). The minimum atomic E-state index is -0.302. The van der Waals surface area contributed by atoms with E-state index < -0.39 is 0 Å². The molecule has 3 heteroatoms. The second-order valence-electron chi connectivity index (χ2n) is 7.00. The number of thioether (sulfide) groups is 1. The highest BCUT2D eigenvalue weighted by Crippen LogP contribution is 2.74. The molecule has 0 bridgehead atoms. The molecule has 0 N–H and O–H groups in total. The number of ketones is 1. The maximum atomic E-state index is 12.3. The summed E-state index contributed by atoms with van der Waals surface area (Å²) in [5.74, 6) is 0.381. The van der Waals surface area contributed by atoms with E-state index in [1.54, 1.807) is 0 Å². The molecule has 1 saturated heterocycles. The van der Waals surface area contributed by atoms with Crippen LogP contribution in [0.1, 0.15) is 48.0 Å². The summed E-state index contributed by atoms with van der Waals surface area (Å²) < 4.78 is -0.120. The summed E-state index contributed by atoms with van der Waals surface area (Å²) in [6.07, 6.45) is 0.840. The van der Waals surface area contributed by atoms with Crippen molar-refractivity contribution in [1.29, 1.82) is 5.26 Å². The molecule has 2 fully saturated rings. The smallest absolute Gasteiger partial charge is 0.146 e. The molecule has 1 heterocycles. The number of nitrogens with zero attached hydrogens (tertiary/aromatic N) is 1. The van der Waals surface area contributed by atoms with Gasteiger partial charge in [-0.2, -0.15) is 5.26 Å². The Morgan fingerprint density at radius 2 is 1.65 bits per heavy atom. The van der Waals surface area contributed by atoms with Crippen molar-refractivity contribution in [2.75, 3.05) is 0 Å². The number of nitriles is 1. The fourth-order valence-corrected chi connectivity index (χ4v) is 6.05. The summed E-state index contributed by atoms with van der Waals surface area (Å²) in [4.78, 5) is 12.3. The number of hydrogen-bond acceptors (Lipinski definition) is 3. The van der Waals surface area contributed by atoms with Gasteiger partial charge in [0, 0.05) is 20.3 Å². The summed E-state index contributed by atoms with van der Waals surface area (Å²) in [6, 6.07) is 2.44. The van der Waals surface area contributed by atoms with E-state index in [1.807, 2.05) is 39.5 Å². The summed E-state index contributed by atoms with van der Waals surface area (Å²) >= 11 is 1.86. The lowest BCUT2D eigenvalue weighted by atomic mass is 9.44. The normalized spacial score (nSPS) is 35.4. The molecule has 0 unspecified atom stereocenters. The van der Waals surface area contributed by atoms with Crippen molar-refractivity contribution in [2.45, 2.75) is 57.5 Å². The molecule has 17 heavy (non-hydrogen) atoms. The SMILES string of the molecule is CC1(C)SC2(C[C@@H]1C#N)C(C)(C)C(=O)C2(C)C. The van der Waals surface area contributed by atoms with Gasteiger partial charge < -0.3 is 0 Å². The molecule has 94 valence electrons. The van der Waals surface area contributed by atoms with Gasteiger partial charge in [0.05, 0.1) is 12.0 Å². The molecule has 0 aromatic rings. The van der Waals surface area contributed by atoms with Crippen LogP contribution in [0.3, 0.4) is 0 Å². The third-order valence-electron chi connectivity index (χ3n) is 5.08. The third kappa shape index (κ3) is 1.20. The van der Waals surface area contributed by atoms with Gasteiger partial charge in [0.2, 0.25) is 0 Å². The number of carbonyl (C=O) groups excluding carboxylic acids is 1. The van der Waals surface area contributed by atoms with Gasteiger partial charge in [0.25, 0.3) is 0 Å². The lowest BCUT2D eigenvalue weighted by Gasteiger charge is -2.64. The van der Waals surface area contributed by atoms with Gasteiger partial charge in [-0.05, 0) is 20.3 Å². The van der Waals surface area contributed by atoms with Crippen LogP contribution in [-0.4, -0.2) is 15.3 Å². The lowest BCUT2D eigenvalue weighted by Crippen LogP contribution is -2.71. The fraction of sp³-hybridized carbons (Fsp3) is 0.857. The quantitative estimate of drug-likeness (QED) is 0.662. The molecule has 1 spiro atoms. The minimum absolute atomic E-state index is 0.0409. The second kappa shape index (κ2) is 3.09. The lowest BCUT2D eigenvalue weighted by molar-refractivity contribution is -0.160. The predicted octanol–water partition coefficient (Wildman–Crippen LogP) is 3.42. The van der Waals surface area contributed by atoms with Crippen molar-refractivity contribution >= 4 is 17.5 Å². The number of hydrogen-bond donors (Lipinski definition) is 0. The van der Waals surface area contributed by atoms with Crippen molar-refractivity contribution in [3.05, 3.63) is 0 Å². The molecule has 0 amide bonds. The molecular weight excluding hydrogens is 230 g/mol. The monoisotopic (exact) mass is 251 g/mol. The summed E-state index contributed by atoms with van der Waals surface area (Å²) in [7, 11) is 0. The van der Waals surface area contributed by atoms with E-state index >= 15 is 0 Å². The average Bonchev–Trinajstić information content (AvgIpc) is 2.50. The number of Topliss-reactive ketones (excluding diaryl/α,β-unsaturated/α-hetero) is 1. The molecular formula is C14H21NOS. The zero-order valence-corrected chi connectivity index (χ0v) is 12.4. The first-order valence-electron chi connectivity index (χ1n) is 6.18. The molecule has 0 aromatic heterocycles. The second-order valence-corrected chi connectivity index (χ2v) is 8.95. The van der Waals surface area contributed by atoms with Gasteiger partial charge in [-0.15, -0.1) is 11.8 Å². The highest BCUT2D eigenvalue weighted by Gasteiger charge is 2.76. The summed E-state index contributed by atoms with van der Waals surface area (Å²) in [6.45, 7) is 12.4. The molecule has 1 aliphatic carbocycles. The van der Waals surface area contributed by atoms with Crippen molar-refractivity contribution in [3.8, 4) is 6.07 Å². The Hall–Kier alpha value is -0.490. The first kappa shape index (κ1) is 13.0. The highest BCUT2D eigenvalue weighted by atomic mass is 32.2. The molecule has 0 radical (unpaired) electrons. The Morgan fingerprint density at radius 3 is 2.00 bits per heavy atom. The zero-order valence-electron chi connectivity index (χ0n) is 11.5.